The number of rotatable bonds is 8. The molecule has 34 heavy (non-hydrogen) atoms. The highest BCUT2D eigenvalue weighted by atomic mass is 32.1. The van der Waals surface area contributed by atoms with Crippen LogP contribution in [0.2, 0.25) is 0 Å². The number of ether oxygens (including phenoxy) is 2. The lowest BCUT2D eigenvalue weighted by Crippen LogP contribution is -1.97. The molecule has 0 aliphatic rings. The second-order valence-electron chi connectivity index (χ2n) is 7.58. The summed E-state index contributed by atoms with van der Waals surface area (Å²) in [5, 5.41) is 3.40. The number of carbonyl (C=O) groups is 1. The Balaban J connectivity index is 1.34. The van der Waals surface area contributed by atoms with Crippen LogP contribution in [0.1, 0.15) is 15.9 Å². The maximum absolute atomic E-state index is 10.9. The van der Waals surface area contributed by atoms with E-state index in [9.17, 15) is 4.79 Å². The van der Waals surface area contributed by atoms with Crippen LogP contribution in [0, 0.1) is 0 Å². The molecular weight excluding hydrogens is 446 g/mol. The Morgan fingerprint density at radius 3 is 2.53 bits per heavy atom. The van der Waals surface area contributed by atoms with Crippen molar-refractivity contribution in [3.05, 3.63) is 96.3 Å². The monoisotopic (exact) mass is 467 g/mol. The Hall–Kier alpha value is -4.23. The number of hydrogen-bond acceptors (Lipinski definition) is 7. The van der Waals surface area contributed by atoms with E-state index < -0.39 is 0 Å². The number of benzene rings is 3. The van der Waals surface area contributed by atoms with E-state index in [1.54, 1.807) is 24.8 Å². The van der Waals surface area contributed by atoms with Crippen molar-refractivity contribution in [2.45, 2.75) is 6.61 Å². The minimum atomic E-state index is 0.461. The lowest BCUT2D eigenvalue weighted by atomic mass is 10.1. The van der Waals surface area contributed by atoms with Crippen molar-refractivity contribution in [1.82, 2.24) is 9.97 Å². The van der Waals surface area contributed by atoms with Crippen LogP contribution >= 0.6 is 11.3 Å². The molecule has 0 radical (unpaired) electrons. The topological polar surface area (TPSA) is 73.3 Å². The van der Waals surface area contributed by atoms with Crippen molar-refractivity contribution in [3.8, 4) is 21.9 Å². The molecule has 168 valence electrons. The summed E-state index contributed by atoms with van der Waals surface area (Å²) < 4.78 is 12.1. The molecule has 2 aromatic heterocycles. The quantitative estimate of drug-likeness (QED) is 0.263. The summed E-state index contributed by atoms with van der Waals surface area (Å²) in [6, 6.07) is 25.2. The van der Waals surface area contributed by atoms with E-state index in [2.05, 4.69) is 15.3 Å². The van der Waals surface area contributed by atoms with Crippen LogP contribution < -0.4 is 14.8 Å². The van der Waals surface area contributed by atoms with Gasteiger partial charge in [-0.15, -0.1) is 11.3 Å². The first kappa shape index (κ1) is 21.6. The van der Waals surface area contributed by atoms with Crippen LogP contribution in [0.15, 0.2) is 85.2 Å². The number of nitrogens with one attached hydrogen (secondary N) is 1. The van der Waals surface area contributed by atoms with E-state index in [0.717, 1.165) is 55.5 Å². The molecule has 6 nitrogen and oxygen atoms in total. The molecule has 7 heteroatoms. The van der Waals surface area contributed by atoms with Crippen LogP contribution in [0.4, 0.5) is 11.5 Å². The first-order valence-corrected chi connectivity index (χ1v) is 11.5. The summed E-state index contributed by atoms with van der Waals surface area (Å²) in [7, 11) is 1.65. The van der Waals surface area contributed by atoms with Gasteiger partial charge in [-0.1, -0.05) is 42.5 Å². The normalized spacial score (nSPS) is 10.7. The fraction of sp³-hybridized carbons (Fsp3) is 0.0741. The van der Waals surface area contributed by atoms with Crippen molar-refractivity contribution in [2.24, 2.45) is 0 Å². The van der Waals surface area contributed by atoms with Crippen LogP contribution in [0.3, 0.4) is 0 Å². The van der Waals surface area contributed by atoms with Gasteiger partial charge in [-0.3, -0.25) is 4.79 Å². The van der Waals surface area contributed by atoms with Gasteiger partial charge in [-0.25, -0.2) is 9.97 Å². The maximum Gasteiger partial charge on any atom is 0.151 e. The van der Waals surface area contributed by atoms with Crippen LogP contribution in [0.5, 0.6) is 11.5 Å². The fourth-order valence-electron chi connectivity index (χ4n) is 3.50. The highest BCUT2D eigenvalue weighted by Crippen LogP contribution is 2.36. The molecule has 0 atom stereocenters. The zero-order valence-electron chi connectivity index (χ0n) is 18.4. The number of fused-ring (bicyclic) bond motifs is 1. The predicted octanol–water partition coefficient (Wildman–Crippen LogP) is 6.50. The Bertz CT molecular complexity index is 1430. The van der Waals surface area contributed by atoms with E-state index in [0.29, 0.717) is 12.2 Å². The average Bonchev–Trinajstić information content (AvgIpc) is 3.34. The van der Waals surface area contributed by atoms with Gasteiger partial charge in [0.15, 0.2) is 5.82 Å². The van der Waals surface area contributed by atoms with Gasteiger partial charge in [-0.05, 0) is 41.5 Å². The highest BCUT2D eigenvalue weighted by molar-refractivity contribution is 7.22. The number of nitrogens with zero attached hydrogens (tertiary/aromatic N) is 2. The van der Waals surface area contributed by atoms with Crippen LogP contribution in [-0.2, 0) is 6.61 Å². The van der Waals surface area contributed by atoms with Gasteiger partial charge in [0.2, 0.25) is 0 Å². The second kappa shape index (κ2) is 9.72. The predicted molar refractivity (Wildman–Crippen MR) is 135 cm³/mol. The minimum absolute atomic E-state index is 0.461. The molecular formula is C27H21N3O3S. The van der Waals surface area contributed by atoms with Crippen molar-refractivity contribution < 1.29 is 14.3 Å². The van der Waals surface area contributed by atoms with Crippen molar-refractivity contribution in [3.63, 3.8) is 0 Å². The molecule has 3 aromatic carbocycles. The number of aldehydes is 1. The second-order valence-corrected chi connectivity index (χ2v) is 8.63. The van der Waals surface area contributed by atoms with E-state index in [1.807, 2.05) is 78.9 Å². The largest absolute Gasteiger partial charge is 0.497 e. The molecule has 0 fully saturated rings. The highest BCUT2D eigenvalue weighted by Gasteiger charge is 2.11. The number of carbonyl (C=O) groups excluding carboxylic acids is 1. The summed E-state index contributed by atoms with van der Waals surface area (Å²) in [4.78, 5) is 20.9. The lowest BCUT2D eigenvalue weighted by molar-refractivity contribution is 0.112. The molecule has 0 bridgehead atoms. The molecule has 0 saturated carbocycles. The third-order valence-electron chi connectivity index (χ3n) is 5.30. The molecule has 0 saturated heterocycles. The first-order chi connectivity index (χ1) is 16.7. The Morgan fingerprint density at radius 1 is 0.941 bits per heavy atom. The van der Waals surface area contributed by atoms with Gasteiger partial charge in [0.25, 0.3) is 0 Å². The first-order valence-electron chi connectivity index (χ1n) is 10.6. The minimum Gasteiger partial charge on any atom is -0.497 e. The van der Waals surface area contributed by atoms with Gasteiger partial charge in [0.1, 0.15) is 30.7 Å². The molecule has 0 amide bonds. The third-order valence-corrected chi connectivity index (χ3v) is 6.48. The number of thiophene rings is 1. The van der Waals surface area contributed by atoms with Crippen molar-refractivity contribution in [2.75, 3.05) is 12.4 Å². The smallest absolute Gasteiger partial charge is 0.151 e. The van der Waals surface area contributed by atoms with Gasteiger partial charge < -0.3 is 14.8 Å². The summed E-state index contributed by atoms with van der Waals surface area (Å²) >= 11 is 1.61. The zero-order valence-corrected chi connectivity index (χ0v) is 19.2. The van der Waals surface area contributed by atoms with Gasteiger partial charge in [0, 0.05) is 22.2 Å². The molecule has 0 spiro atoms. The molecule has 0 unspecified atom stereocenters. The number of methoxy groups -OCH3 is 1. The number of hydrogen-bond donors (Lipinski definition) is 1. The summed E-state index contributed by atoms with van der Waals surface area (Å²) in [6.07, 6.45) is 2.40. The molecule has 2 heterocycles. The molecule has 0 aliphatic carbocycles. The van der Waals surface area contributed by atoms with E-state index in [1.165, 1.54) is 0 Å². The van der Waals surface area contributed by atoms with E-state index in [-0.39, 0.29) is 0 Å². The molecule has 0 aliphatic heterocycles. The molecule has 5 rings (SSSR count). The van der Waals surface area contributed by atoms with Gasteiger partial charge in [-0.2, -0.15) is 0 Å². The van der Waals surface area contributed by atoms with Crippen LogP contribution in [-0.4, -0.2) is 23.4 Å². The third kappa shape index (κ3) is 4.74. The van der Waals surface area contributed by atoms with Crippen molar-refractivity contribution in [1.29, 1.82) is 0 Å². The van der Waals surface area contributed by atoms with E-state index in [4.69, 9.17) is 9.47 Å². The number of anilines is 2. The summed E-state index contributed by atoms with van der Waals surface area (Å²) in [5.74, 6) is 2.31. The molecule has 1 N–H and O–H groups in total. The zero-order chi connectivity index (χ0) is 23.3. The maximum atomic E-state index is 10.9. The molecule has 5 aromatic rings. The SMILES string of the molecule is COc1ccc(COc2cccc(Nc3ncnc4cc(-c5ccc(C=O)cc5)sc34)c2)cc1. The Kier molecular flexibility index (Phi) is 6.18. The summed E-state index contributed by atoms with van der Waals surface area (Å²) in [5.41, 5.74) is 4.49. The van der Waals surface area contributed by atoms with Crippen LogP contribution in [0.25, 0.3) is 20.7 Å². The summed E-state index contributed by atoms with van der Waals surface area (Å²) in [6.45, 7) is 0.461. The Labute approximate surface area is 200 Å². The van der Waals surface area contributed by atoms with E-state index >= 15 is 0 Å². The van der Waals surface area contributed by atoms with Gasteiger partial charge in [0.05, 0.1) is 17.3 Å². The Morgan fingerprint density at radius 2 is 1.76 bits per heavy atom. The lowest BCUT2D eigenvalue weighted by Gasteiger charge is -2.10. The van der Waals surface area contributed by atoms with Gasteiger partial charge >= 0.3 is 0 Å². The fourth-order valence-corrected chi connectivity index (χ4v) is 4.56. The van der Waals surface area contributed by atoms with Crippen molar-refractivity contribution >= 4 is 39.3 Å². The average molecular weight is 468 g/mol. The number of aromatic nitrogens is 2. The standard InChI is InChI=1S/C27H21N3O3S/c1-32-22-11-7-19(8-12-22)16-33-23-4-2-3-21(13-23)30-27-26-24(28-17-29-27)14-25(34-26)20-9-5-18(15-31)6-10-20/h2-15,17H,16H2,1H3,(H,28,29,30).